The second-order valence-electron chi connectivity index (χ2n) is 4.59. The third kappa shape index (κ3) is 3.24. The second kappa shape index (κ2) is 6.76. The average molecular weight is 250 g/mol. The lowest BCUT2D eigenvalue weighted by Crippen LogP contribution is -2.25. The van der Waals surface area contributed by atoms with Gasteiger partial charge in [-0.25, -0.2) is 0 Å². The summed E-state index contributed by atoms with van der Waals surface area (Å²) in [5.74, 6) is 0.913. The van der Waals surface area contributed by atoms with E-state index in [0.29, 0.717) is 6.10 Å². The molecule has 0 unspecified atom stereocenters. The molecule has 0 spiro atoms. The minimum Gasteiger partial charge on any atom is -0.496 e. The van der Waals surface area contributed by atoms with Crippen LogP contribution in [0.1, 0.15) is 37.9 Å². The first-order valence-electron chi connectivity index (χ1n) is 6.71. The number of hydrogen-bond acceptors (Lipinski definition) is 3. The van der Waals surface area contributed by atoms with Crippen LogP contribution in [-0.2, 0) is 9.47 Å². The summed E-state index contributed by atoms with van der Waals surface area (Å²) in [5, 5.41) is 0. The van der Waals surface area contributed by atoms with Crippen LogP contribution in [0.4, 0.5) is 0 Å². The van der Waals surface area contributed by atoms with Crippen LogP contribution in [0.15, 0.2) is 24.3 Å². The molecule has 1 aliphatic rings. The van der Waals surface area contributed by atoms with Gasteiger partial charge in [-0.1, -0.05) is 25.1 Å². The zero-order valence-corrected chi connectivity index (χ0v) is 11.2. The molecule has 1 saturated heterocycles. The zero-order valence-electron chi connectivity index (χ0n) is 11.2. The van der Waals surface area contributed by atoms with Gasteiger partial charge in [-0.2, -0.15) is 0 Å². The molecule has 1 atom stereocenters. The molecule has 2 rings (SSSR count). The zero-order chi connectivity index (χ0) is 12.8. The molecule has 0 saturated carbocycles. The van der Waals surface area contributed by atoms with Crippen LogP contribution in [0.5, 0.6) is 5.75 Å². The van der Waals surface area contributed by atoms with Crippen molar-refractivity contribution in [2.75, 3.05) is 20.3 Å². The quantitative estimate of drug-likeness (QED) is 0.802. The van der Waals surface area contributed by atoms with Gasteiger partial charge in [0.15, 0.2) is 0 Å². The van der Waals surface area contributed by atoms with E-state index in [2.05, 4.69) is 13.0 Å². The standard InChI is InChI=1S/C15H22O3/c1-3-14(18-12-8-10-17-11-9-12)13-6-4-5-7-15(13)16-2/h4-7,12,14H,3,8-11H2,1-2H3/t14-/m0/s1. The van der Waals surface area contributed by atoms with Gasteiger partial charge in [-0.15, -0.1) is 0 Å². The van der Waals surface area contributed by atoms with E-state index in [9.17, 15) is 0 Å². The minimum atomic E-state index is 0.115. The van der Waals surface area contributed by atoms with E-state index in [1.807, 2.05) is 18.2 Å². The van der Waals surface area contributed by atoms with E-state index in [1.54, 1.807) is 7.11 Å². The molecule has 1 aliphatic heterocycles. The normalized spacial score (nSPS) is 18.6. The summed E-state index contributed by atoms with van der Waals surface area (Å²) in [4.78, 5) is 0. The maximum atomic E-state index is 6.21. The molecular formula is C15H22O3. The van der Waals surface area contributed by atoms with Gasteiger partial charge in [-0.3, -0.25) is 0 Å². The molecule has 0 aromatic heterocycles. The molecular weight excluding hydrogens is 228 g/mol. The van der Waals surface area contributed by atoms with Crippen molar-refractivity contribution in [1.29, 1.82) is 0 Å². The van der Waals surface area contributed by atoms with Crippen molar-refractivity contribution in [1.82, 2.24) is 0 Å². The Morgan fingerprint density at radius 3 is 2.67 bits per heavy atom. The maximum absolute atomic E-state index is 6.21. The first-order chi connectivity index (χ1) is 8.85. The highest BCUT2D eigenvalue weighted by Gasteiger charge is 2.21. The van der Waals surface area contributed by atoms with Crippen LogP contribution in [0.25, 0.3) is 0 Å². The molecule has 100 valence electrons. The highest BCUT2D eigenvalue weighted by Crippen LogP contribution is 2.32. The Labute approximate surface area is 109 Å². The second-order valence-corrected chi connectivity index (χ2v) is 4.59. The lowest BCUT2D eigenvalue weighted by Gasteiger charge is -2.28. The predicted molar refractivity (Wildman–Crippen MR) is 71.0 cm³/mol. The number of para-hydroxylation sites is 1. The lowest BCUT2D eigenvalue weighted by molar-refractivity contribution is -0.0712. The monoisotopic (exact) mass is 250 g/mol. The van der Waals surface area contributed by atoms with E-state index in [0.717, 1.165) is 43.8 Å². The van der Waals surface area contributed by atoms with Gasteiger partial charge in [0.05, 0.1) is 19.3 Å². The van der Waals surface area contributed by atoms with Crippen LogP contribution in [0.3, 0.4) is 0 Å². The van der Waals surface area contributed by atoms with Gasteiger partial charge in [0.2, 0.25) is 0 Å². The van der Waals surface area contributed by atoms with Gasteiger partial charge in [0.25, 0.3) is 0 Å². The highest BCUT2D eigenvalue weighted by molar-refractivity contribution is 5.35. The van der Waals surface area contributed by atoms with Crippen LogP contribution >= 0.6 is 0 Å². The summed E-state index contributed by atoms with van der Waals surface area (Å²) in [5.41, 5.74) is 1.15. The van der Waals surface area contributed by atoms with Crippen LogP contribution in [-0.4, -0.2) is 26.4 Å². The summed E-state index contributed by atoms with van der Waals surface area (Å²) in [7, 11) is 1.71. The fraction of sp³-hybridized carbons (Fsp3) is 0.600. The molecule has 1 heterocycles. The first-order valence-corrected chi connectivity index (χ1v) is 6.71. The van der Waals surface area contributed by atoms with E-state index in [4.69, 9.17) is 14.2 Å². The Balaban J connectivity index is 2.07. The van der Waals surface area contributed by atoms with Crippen LogP contribution in [0, 0.1) is 0 Å². The average Bonchev–Trinajstić information content (AvgIpc) is 2.46. The Morgan fingerprint density at radius 1 is 1.28 bits per heavy atom. The summed E-state index contributed by atoms with van der Waals surface area (Å²) in [6.45, 7) is 3.77. The molecule has 0 aliphatic carbocycles. The topological polar surface area (TPSA) is 27.7 Å². The van der Waals surface area contributed by atoms with E-state index in [-0.39, 0.29) is 6.10 Å². The number of rotatable bonds is 5. The number of ether oxygens (including phenoxy) is 3. The van der Waals surface area contributed by atoms with Crippen molar-refractivity contribution in [2.24, 2.45) is 0 Å². The lowest BCUT2D eigenvalue weighted by atomic mass is 10.0. The Hall–Kier alpha value is -1.06. The number of methoxy groups -OCH3 is 1. The molecule has 1 aromatic carbocycles. The Kier molecular flexibility index (Phi) is 5.02. The fourth-order valence-electron chi connectivity index (χ4n) is 2.37. The van der Waals surface area contributed by atoms with Gasteiger partial charge in [0.1, 0.15) is 5.75 Å². The Bertz CT molecular complexity index is 359. The number of benzene rings is 1. The molecule has 0 bridgehead atoms. The molecule has 3 heteroatoms. The minimum absolute atomic E-state index is 0.115. The van der Waals surface area contributed by atoms with Crippen LogP contribution < -0.4 is 4.74 Å². The third-order valence-electron chi connectivity index (χ3n) is 3.38. The molecule has 0 radical (unpaired) electrons. The van der Waals surface area contributed by atoms with Crippen molar-refractivity contribution < 1.29 is 14.2 Å². The Morgan fingerprint density at radius 2 is 2.00 bits per heavy atom. The molecule has 1 aromatic rings. The van der Waals surface area contributed by atoms with E-state index >= 15 is 0 Å². The van der Waals surface area contributed by atoms with Crippen molar-refractivity contribution in [3.63, 3.8) is 0 Å². The predicted octanol–water partition coefficient (Wildman–Crippen LogP) is 3.34. The van der Waals surface area contributed by atoms with E-state index in [1.165, 1.54) is 0 Å². The summed E-state index contributed by atoms with van der Waals surface area (Å²) in [6.07, 6.45) is 3.37. The van der Waals surface area contributed by atoms with Crippen molar-refractivity contribution >= 4 is 0 Å². The molecule has 18 heavy (non-hydrogen) atoms. The SMILES string of the molecule is CC[C@H](OC1CCOCC1)c1ccccc1OC. The van der Waals surface area contributed by atoms with Crippen molar-refractivity contribution in [3.8, 4) is 5.75 Å². The highest BCUT2D eigenvalue weighted by atomic mass is 16.5. The largest absolute Gasteiger partial charge is 0.496 e. The fourth-order valence-corrected chi connectivity index (χ4v) is 2.37. The van der Waals surface area contributed by atoms with Crippen LogP contribution in [0.2, 0.25) is 0 Å². The molecule has 0 amide bonds. The smallest absolute Gasteiger partial charge is 0.124 e. The molecule has 0 N–H and O–H groups in total. The van der Waals surface area contributed by atoms with Gasteiger partial charge in [-0.05, 0) is 25.3 Å². The third-order valence-corrected chi connectivity index (χ3v) is 3.38. The summed E-state index contributed by atoms with van der Waals surface area (Å²) in [6, 6.07) is 8.11. The molecule has 1 fully saturated rings. The van der Waals surface area contributed by atoms with Gasteiger partial charge >= 0.3 is 0 Å². The van der Waals surface area contributed by atoms with Crippen molar-refractivity contribution in [3.05, 3.63) is 29.8 Å². The van der Waals surface area contributed by atoms with E-state index < -0.39 is 0 Å². The summed E-state index contributed by atoms with van der Waals surface area (Å²) >= 11 is 0. The van der Waals surface area contributed by atoms with Gasteiger partial charge in [0, 0.05) is 18.8 Å². The summed E-state index contributed by atoms with van der Waals surface area (Å²) < 4.78 is 17.0. The number of hydrogen-bond donors (Lipinski definition) is 0. The van der Waals surface area contributed by atoms with Crippen molar-refractivity contribution in [2.45, 2.75) is 38.4 Å². The first kappa shape index (κ1) is 13.4. The van der Waals surface area contributed by atoms with Gasteiger partial charge < -0.3 is 14.2 Å². The maximum Gasteiger partial charge on any atom is 0.124 e. The molecule has 3 nitrogen and oxygen atoms in total.